The number of fused-ring (bicyclic) bond motifs is 1. The van der Waals surface area contributed by atoms with Gasteiger partial charge in [-0.15, -0.1) is 0 Å². The van der Waals surface area contributed by atoms with E-state index in [4.69, 9.17) is 4.74 Å². The molecule has 33 heavy (non-hydrogen) atoms. The molecule has 10 nitrogen and oxygen atoms in total. The first-order chi connectivity index (χ1) is 15.8. The Labute approximate surface area is 191 Å². The summed E-state index contributed by atoms with van der Waals surface area (Å²) in [5.74, 6) is -0.261. The van der Waals surface area contributed by atoms with E-state index < -0.39 is 22.0 Å². The molecule has 0 radical (unpaired) electrons. The lowest BCUT2D eigenvalue weighted by Gasteiger charge is -2.13. The summed E-state index contributed by atoms with van der Waals surface area (Å²) in [6.07, 6.45) is 2.01. The van der Waals surface area contributed by atoms with Gasteiger partial charge in [0, 0.05) is 30.1 Å². The molecule has 11 heteroatoms. The van der Waals surface area contributed by atoms with E-state index in [1.165, 1.54) is 6.07 Å². The number of nitrogens with one attached hydrogen (secondary N) is 4. The normalized spacial score (nSPS) is 20.5. The summed E-state index contributed by atoms with van der Waals surface area (Å²) in [7, 11) is -3.67. The fourth-order valence-electron chi connectivity index (χ4n) is 3.55. The van der Waals surface area contributed by atoms with Gasteiger partial charge in [-0.1, -0.05) is 12.1 Å². The molecular weight excluding hydrogens is 446 g/mol. The van der Waals surface area contributed by atoms with Gasteiger partial charge >= 0.3 is 6.03 Å². The first-order valence-corrected chi connectivity index (χ1v) is 12.1. The Hall–Kier alpha value is -3.44. The number of ether oxygens (including phenoxy) is 1. The maximum absolute atomic E-state index is 12.6. The zero-order valence-electron chi connectivity index (χ0n) is 18.0. The van der Waals surface area contributed by atoms with Crippen LogP contribution in [0.2, 0.25) is 0 Å². The number of benzene rings is 2. The van der Waals surface area contributed by atoms with E-state index in [9.17, 15) is 18.0 Å². The van der Waals surface area contributed by atoms with Crippen LogP contribution in [0, 0.1) is 0 Å². The molecule has 0 spiro atoms. The van der Waals surface area contributed by atoms with Crippen LogP contribution in [0.5, 0.6) is 0 Å². The molecule has 1 unspecified atom stereocenters. The first-order valence-electron chi connectivity index (χ1n) is 10.6. The molecule has 3 amide bonds. The molecule has 1 fully saturated rings. The van der Waals surface area contributed by atoms with Crippen molar-refractivity contribution in [2.45, 2.75) is 36.8 Å². The van der Waals surface area contributed by atoms with Gasteiger partial charge in [-0.25, -0.2) is 13.2 Å². The van der Waals surface area contributed by atoms with Crippen molar-refractivity contribution < 1.29 is 22.7 Å². The predicted molar refractivity (Wildman–Crippen MR) is 124 cm³/mol. The summed E-state index contributed by atoms with van der Waals surface area (Å²) in [5, 5.41) is 8.24. The third kappa shape index (κ3) is 5.49. The summed E-state index contributed by atoms with van der Waals surface area (Å²) >= 11 is 0. The van der Waals surface area contributed by atoms with Gasteiger partial charge in [0.1, 0.15) is 11.9 Å². The van der Waals surface area contributed by atoms with Gasteiger partial charge in [0.25, 0.3) is 10.0 Å². The fraction of sp³-hybridized carbons (Fsp3) is 0.318. The molecule has 2 heterocycles. The molecule has 2 aliphatic heterocycles. The maximum atomic E-state index is 12.6. The minimum atomic E-state index is -3.67. The van der Waals surface area contributed by atoms with Crippen LogP contribution in [-0.2, 0) is 19.6 Å². The highest BCUT2D eigenvalue weighted by molar-refractivity contribution is 7.90. The van der Waals surface area contributed by atoms with Gasteiger partial charge in [0.2, 0.25) is 5.91 Å². The molecule has 0 bridgehead atoms. The Morgan fingerprint density at radius 3 is 2.52 bits per heavy atom. The Morgan fingerprint density at radius 1 is 1.12 bits per heavy atom. The van der Waals surface area contributed by atoms with E-state index in [0.29, 0.717) is 23.5 Å². The van der Waals surface area contributed by atoms with E-state index in [2.05, 4.69) is 25.7 Å². The maximum Gasteiger partial charge on any atom is 0.319 e. The van der Waals surface area contributed by atoms with E-state index in [-0.39, 0.29) is 22.9 Å². The summed E-state index contributed by atoms with van der Waals surface area (Å²) < 4.78 is 32.2. The Balaban J connectivity index is 1.32. The quantitative estimate of drug-likeness (QED) is 0.511. The number of nitrogens with zero attached hydrogens (tertiary/aromatic N) is 1. The highest BCUT2D eigenvalue weighted by atomic mass is 32.2. The topological polar surface area (TPSA) is 138 Å². The highest BCUT2D eigenvalue weighted by Gasteiger charge is 2.31. The molecule has 4 rings (SSSR count). The Kier molecular flexibility index (Phi) is 6.61. The molecule has 2 aromatic carbocycles. The number of sulfonamides is 1. The van der Waals surface area contributed by atoms with E-state index in [1.807, 2.05) is 0 Å². The van der Waals surface area contributed by atoms with Crippen molar-refractivity contribution in [1.29, 1.82) is 0 Å². The lowest BCUT2D eigenvalue weighted by Crippen LogP contribution is -2.35. The standard InChI is InChI=1S/C22H25N5O5S/c1-14(24-20-18-6-2-3-7-19(18)33(30,31)27-20)21(28)25-15-8-10-16(11-9-15)26-22(29)23-13-17-5-4-12-32-17/h2-3,6-11,14,17H,4-5,12-13H2,1H3,(H,24,27)(H,25,28)(H2,23,26,29)/t14-,17?/m0/s1. The number of aliphatic imine (C=N–C) groups is 1. The molecule has 2 aliphatic rings. The molecule has 1 saturated heterocycles. The minimum Gasteiger partial charge on any atom is -0.376 e. The number of amidine groups is 1. The lowest BCUT2D eigenvalue weighted by atomic mass is 10.2. The van der Waals surface area contributed by atoms with Crippen molar-refractivity contribution >= 4 is 39.2 Å². The van der Waals surface area contributed by atoms with Crippen molar-refractivity contribution in [2.75, 3.05) is 23.8 Å². The third-order valence-corrected chi connectivity index (χ3v) is 6.69. The summed E-state index contributed by atoms with van der Waals surface area (Å²) in [6, 6.07) is 11.9. The number of hydrogen-bond acceptors (Lipinski definition) is 6. The second kappa shape index (κ2) is 9.59. The van der Waals surface area contributed by atoms with E-state index in [0.717, 1.165) is 19.4 Å². The van der Waals surface area contributed by atoms with Crippen LogP contribution in [-0.4, -0.2) is 51.5 Å². The second-order valence-electron chi connectivity index (χ2n) is 7.79. The van der Waals surface area contributed by atoms with Crippen LogP contribution in [0.15, 0.2) is 58.4 Å². The number of urea groups is 1. The van der Waals surface area contributed by atoms with Crippen molar-refractivity contribution in [3.8, 4) is 0 Å². The van der Waals surface area contributed by atoms with Crippen LogP contribution < -0.4 is 20.7 Å². The van der Waals surface area contributed by atoms with Gasteiger partial charge in [-0.2, -0.15) is 0 Å². The van der Waals surface area contributed by atoms with E-state index >= 15 is 0 Å². The lowest BCUT2D eigenvalue weighted by molar-refractivity contribution is -0.117. The monoisotopic (exact) mass is 471 g/mol. The van der Waals surface area contributed by atoms with Gasteiger partial charge in [-0.3, -0.25) is 14.5 Å². The SMILES string of the molecule is C[C@H](N=C1NS(=O)(=O)c2ccccc21)C(=O)Nc1ccc(NC(=O)NCC2CCCO2)cc1. The predicted octanol–water partition coefficient (Wildman–Crippen LogP) is 2.05. The van der Waals surface area contributed by atoms with Crippen molar-refractivity contribution in [2.24, 2.45) is 4.99 Å². The molecule has 4 N–H and O–H groups in total. The number of carbonyl (C=O) groups is 2. The first kappa shape index (κ1) is 22.7. The average molecular weight is 472 g/mol. The van der Waals surface area contributed by atoms with Crippen molar-refractivity contribution in [3.63, 3.8) is 0 Å². The molecule has 2 aromatic rings. The third-order valence-electron chi connectivity index (χ3n) is 5.29. The van der Waals surface area contributed by atoms with Gasteiger partial charge in [0.15, 0.2) is 0 Å². The van der Waals surface area contributed by atoms with Crippen LogP contribution in [0.25, 0.3) is 0 Å². The minimum absolute atomic E-state index is 0.0620. The number of amides is 3. The van der Waals surface area contributed by atoms with Crippen molar-refractivity contribution in [3.05, 3.63) is 54.1 Å². The van der Waals surface area contributed by atoms with Gasteiger partial charge in [0.05, 0.1) is 11.0 Å². The molecule has 2 atom stereocenters. The fourth-order valence-corrected chi connectivity index (χ4v) is 4.79. The smallest absolute Gasteiger partial charge is 0.319 e. The molecule has 0 aromatic heterocycles. The van der Waals surface area contributed by atoms with Crippen LogP contribution >= 0.6 is 0 Å². The Bertz CT molecular complexity index is 1170. The van der Waals surface area contributed by atoms with Crippen LogP contribution in [0.1, 0.15) is 25.3 Å². The summed E-state index contributed by atoms with van der Waals surface area (Å²) in [5.41, 5.74) is 1.53. The number of hydrogen-bond donors (Lipinski definition) is 4. The summed E-state index contributed by atoms with van der Waals surface area (Å²) in [4.78, 5) is 29.0. The molecule has 0 aliphatic carbocycles. The summed E-state index contributed by atoms with van der Waals surface area (Å²) in [6.45, 7) is 2.77. The zero-order chi connectivity index (χ0) is 23.4. The molecular formula is C22H25N5O5S. The number of anilines is 2. The van der Waals surface area contributed by atoms with E-state index in [1.54, 1.807) is 49.4 Å². The van der Waals surface area contributed by atoms with Crippen molar-refractivity contribution in [1.82, 2.24) is 10.0 Å². The largest absolute Gasteiger partial charge is 0.376 e. The van der Waals surface area contributed by atoms with Gasteiger partial charge in [-0.05, 0) is 56.2 Å². The number of rotatable bonds is 6. The highest BCUT2D eigenvalue weighted by Crippen LogP contribution is 2.23. The van der Waals surface area contributed by atoms with Crippen LogP contribution in [0.4, 0.5) is 16.2 Å². The second-order valence-corrected chi connectivity index (χ2v) is 9.44. The Morgan fingerprint density at radius 2 is 1.82 bits per heavy atom. The molecule has 0 saturated carbocycles. The average Bonchev–Trinajstić information content (AvgIpc) is 3.40. The number of carbonyl (C=O) groups excluding carboxylic acids is 2. The molecule has 174 valence electrons. The van der Waals surface area contributed by atoms with Gasteiger partial charge < -0.3 is 20.7 Å². The van der Waals surface area contributed by atoms with Crippen LogP contribution in [0.3, 0.4) is 0 Å². The zero-order valence-corrected chi connectivity index (χ0v) is 18.8.